The highest BCUT2D eigenvalue weighted by atomic mass is 16.6. The number of unbranched alkanes of at least 4 members (excludes halogenated alkanes) is 1. The van der Waals surface area contributed by atoms with Crippen LogP contribution in [0.3, 0.4) is 0 Å². The second-order valence-electron chi connectivity index (χ2n) is 6.20. The molecule has 0 bridgehead atoms. The third kappa shape index (κ3) is 4.25. The number of hydrogen-bond acceptors (Lipinski definition) is 6. The van der Waals surface area contributed by atoms with Gasteiger partial charge >= 0.3 is 5.97 Å². The number of carbonyl (C=O) groups is 3. The molecule has 7 heteroatoms. The molecule has 2 amide bonds. The first-order valence-corrected chi connectivity index (χ1v) is 8.91. The summed E-state index contributed by atoms with van der Waals surface area (Å²) in [5, 5.41) is 3.88. The maximum atomic E-state index is 12.2. The van der Waals surface area contributed by atoms with Gasteiger partial charge in [0.2, 0.25) is 0 Å². The van der Waals surface area contributed by atoms with E-state index in [1.807, 2.05) is 0 Å². The van der Waals surface area contributed by atoms with Crippen LogP contribution in [0.2, 0.25) is 0 Å². The number of esters is 1. The molecular weight excluding hydrogens is 360 g/mol. The Kier molecular flexibility index (Phi) is 6.16. The summed E-state index contributed by atoms with van der Waals surface area (Å²) in [5.41, 5.74) is 2.19. The minimum atomic E-state index is -0.391. The molecule has 0 N–H and O–H groups in total. The molecule has 0 aliphatic carbocycles. The molecule has 2 aromatic carbocycles. The summed E-state index contributed by atoms with van der Waals surface area (Å²) < 4.78 is 4.64. The summed E-state index contributed by atoms with van der Waals surface area (Å²) in [6.45, 7) is 0.730. The number of imide groups is 1. The molecule has 0 saturated heterocycles. The molecular formula is C21H20N2O5. The fourth-order valence-electron chi connectivity index (χ4n) is 2.85. The lowest BCUT2D eigenvalue weighted by Crippen LogP contribution is -2.30. The van der Waals surface area contributed by atoms with Crippen molar-refractivity contribution in [2.75, 3.05) is 20.3 Å². The molecule has 0 aromatic heterocycles. The third-order valence-electron chi connectivity index (χ3n) is 4.35. The van der Waals surface area contributed by atoms with Crippen LogP contribution in [-0.2, 0) is 9.57 Å². The Balaban J connectivity index is 1.38. The van der Waals surface area contributed by atoms with E-state index in [1.54, 1.807) is 54.7 Å². The van der Waals surface area contributed by atoms with Crippen molar-refractivity contribution in [3.05, 3.63) is 70.8 Å². The van der Waals surface area contributed by atoms with Gasteiger partial charge in [-0.05, 0) is 42.7 Å². The number of hydrogen-bond donors (Lipinski definition) is 0. The molecule has 3 rings (SSSR count). The molecule has 0 saturated carbocycles. The molecule has 0 unspecified atom stereocenters. The first-order chi connectivity index (χ1) is 13.6. The van der Waals surface area contributed by atoms with Gasteiger partial charge in [0.05, 0.1) is 30.0 Å². The maximum Gasteiger partial charge on any atom is 0.337 e. The average Bonchev–Trinajstić information content (AvgIpc) is 2.98. The van der Waals surface area contributed by atoms with Crippen LogP contribution in [0.1, 0.15) is 49.5 Å². The molecule has 0 radical (unpaired) electrons. The van der Waals surface area contributed by atoms with Crippen molar-refractivity contribution in [3.63, 3.8) is 0 Å². The molecule has 28 heavy (non-hydrogen) atoms. The Morgan fingerprint density at radius 1 is 1.00 bits per heavy atom. The zero-order chi connectivity index (χ0) is 19.9. The number of fused-ring (bicyclic) bond motifs is 1. The fourth-order valence-corrected chi connectivity index (χ4v) is 2.85. The van der Waals surface area contributed by atoms with Gasteiger partial charge in [-0.25, -0.2) is 4.79 Å². The van der Waals surface area contributed by atoms with E-state index in [9.17, 15) is 14.4 Å². The van der Waals surface area contributed by atoms with Gasteiger partial charge in [-0.1, -0.05) is 29.4 Å². The number of benzene rings is 2. The molecule has 7 nitrogen and oxygen atoms in total. The number of carbonyl (C=O) groups excluding carboxylic acids is 3. The van der Waals surface area contributed by atoms with E-state index in [4.69, 9.17) is 4.84 Å². The minimum absolute atomic E-state index is 0.241. The van der Waals surface area contributed by atoms with Gasteiger partial charge in [0.1, 0.15) is 6.61 Å². The van der Waals surface area contributed by atoms with Crippen molar-refractivity contribution in [1.82, 2.24) is 4.90 Å². The highest BCUT2D eigenvalue weighted by Crippen LogP contribution is 2.22. The van der Waals surface area contributed by atoms with Crippen molar-refractivity contribution in [2.45, 2.75) is 12.8 Å². The van der Waals surface area contributed by atoms with Crippen LogP contribution >= 0.6 is 0 Å². The molecule has 144 valence electrons. The summed E-state index contributed by atoms with van der Waals surface area (Å²) in [6, 6.07) is 13.6. The standard InChI is InChI=1S/C21H20N2O5/c1-27-21(26)16-10-8-15(9-11-16)14-22-28-13-5-4-12-23-19(24)17-6-2-3-7-18(17)20(23)25/h2-3,6-11,14H,4-5,12-13H2,1H3. The number of ether oxygens (including phenoxy) is 1. The topological polar surface area (TPSA) is 85.3 Å². The number of methoxy groups -OCH3 is 1. The summed E-state index contributed by atoms with van der Waals surface area (Å²) in [4.78, 5) is 42.3. The van der Waals surface area contributed by atoms with Crippen LogP contribution in [-0.4, -0.2) is 49.2 Å². The smallest absolute Gasteiger partial charge is 0.337 e. The molecule has 1 aliphatic heterocycles. The molecule has 1 heterocycles. The van der Waals surface area contributed by atoms with Gasteiger partial charge in [0.15, 0.2) is 0 Å². The van der Waals surface area contributed by atoms with E-state index in [1.165, 1.54) is 12.0 Å². The first kappa shape index (κ1) is 19.3. The van der Waals surface area contributed by atoms with Gasteiger partial charge in [-0.2, -0.15) is 0 Å². The Hall–Kier alpha value is -3.48. The minimum Gasteiger partial charge on any atom is -0.465 e. The van der Waals surface area contributed by atoms with Crippen molar-refractivity contribution in [2.24, 2.45) is 5.16 Å². The molecule has 1 aliphatic rings. The van der Waals surface area contributed by atoms with Crippen molar-refractivity contribution in [3.8, 4) is 0 Å². The normalized spacial score (nSPS) is 13.1. The summed E-state index contributed by atoms with van der Waals surface area (Å²) >= 11 is 0. The van der Waals surface area contributed by atoms with Gasteiger partial charge in [0.25, 0.3) is 11.8 Å². The zero-order valence-electron chi connectivity index (χ0n) is 15.5. The van der Waals surface area contributed by atoms with E-state index in [0.717, 1.165) is 5.56 Å². The molecule has 0 atom stereocenters. The molecule has 0 spiro atoms. The number of rotatable bonds is 8. The SMILES string of the molecule is COC(=O)c1ccc(C=NOCCCCN2C(=O)c3ccccc3C2=O)cc1. The van der Waals surface area contributed by atoms with E-state index < -0.39 is 5.97 Å². The Morgan fingerprint density at radius 3 is 2.25 bits per heavy atom. The van der Waals surface area contributed by atoms with Crippen LogP contribution in [0.5, 0.6) is 0 Å². The number of amides is 2. The van der Waals surface area contributed by atoms with Crippen LogP contribution in [0, 0.1) is 0 Å². The zero-order valence-corrected chi connectivity index (χ0v) is 15.5. The monoisotopic (exact) mass is 380 g/mol. The molecule has 2 aromatic rings. The molecule has 0 fully saturated rings. The summed E-state index contributed by atoms with van der Waals surface area (Å²) in [6.07, 6.45) is 2.84. The van der Waals surface area contributed by atoms with Crippen LogP contribution < -0.4 is 0 Å². The van der Waals surface area contributed by atoms with E-state index >= 15 is 0 Å². The fraction of sp³-hybridized carbons (Fsp3) is 0.238. The highest BCUT2D eigenvalue weighted by Gasteiger charge is 2.34. The second-order valence-corrected chi connectivity index (χ2v) is 6.20. The largest absolute Gasteiger partial charge is 0.465 e. The lowest BCUT2D eigenvalue weighted by Gasteiger charge is -2.13. The predicted molar refractivity (Wildman–Crippen MR) is 102 cm³/mol. The Morgan fingerprint density at radius 2 is 1.64 bits per heavy atom. The van der Waals surface area contributed by atoms with Crippen LogP contribution in [0.25, 0.3) is 0 Å². The predicted octanol–water partition coefficient (Wildman–Crippen LogP) is 2.90. The average molecular weight is 380 g/mol. The van der Waals surface area contributed by atoms with Gasteiger partial charge < -0.3 is 9.57 Å². The third-order valence-corrected chi connectivity index (χ3v) is 4.35. The van der Waals surface area contributed by atoms with E-state index in [-0.39, 0.29) is 11.8 Å². The van der Waals surface area contributed by atoms with Gasteiger partial charge in [0, 0.05) is 6.54 Å². The van der Waals surface area contributed by atoms with E-state index in [2.05, 4.69) is 9.89 Å². The van der Waals surface area contributed by atoms with Crippen LogP contribution in [0.15, 0.2) is 53.7 Å². The van der Waals surface area contributed by atoms with Gasteiger partial charge in [-0.3, -0.25) is 14.5 Å². The van der Waals surface area contributed by atoms with Crippen molar-refractivity contribution < 1.29 is 24.0 Å². The summed E-state index contributed by atoms with van der Waals surface area (Å²) in [5.74, 6) is -0.873. The Bertz CT molecular complexity index is 870. The van der Waals surface area contributed by atoms with Gasteiger partial charge in [-0.15, -0.1) is 0 Å². The lowest BCUT2D eigenvalue weighted by molar-refractivity contribution is 0.0598. The lowest BCUT2D eigenvalue weighted by atomic mass is 10.1. The second kappa shape index (κ2) is 8.94. The highest BCUT2D eigenvalue weighted by molar-refractivity contribution is 6.21. The van der Waals surface area contributed by atoms with E-state index in [0.29, 0.717) is 42.7 Å². The maximum absolute atomic E-state index is 12.2. The van der Waals surface area contributed by atoms with Crippen molar-refractivity contribution in [1.29, 1.82) is 0 Å². The van der Waals surface area contributed by atoms with Crippen molar-refractivity contribution >= 4 is 24.0 Å². The number of nitrogens with zero attached hydrogens (tertiary/aromatic N) is 2. The summed E-state index contributed by atoms with van der Waals surface area (Å²) in [7, 11) is 1.33. The number of oxime groups is 1. The quantitative estimate of drug-likeness (QED) is 0.231. The van der Waals surface area contributed by atoms with Crippen LogP contribution in [0.4, 0.5) is 0 Å². The first-order valence-electron chi connectivity index (χ1n) is 8.91. The Labute approximate surface area is 162 Å².